The number of nitrogen functional groups attached to an aromatic ring is 1. The van der Waals surface area contributed by atoms with Crippen molar-refractivity contribution in [2.75, 3.05) is 25.9 Å². The fraction of sp³-hybridized carbons (Fsp3) is 0.400. The van der Waals surface area contributed by atoms with E-state index in [0.29, 0.717) is 17.1 Å². The van der Waals surface area contributed by atoms with Gasteiger partial charge in [-0.25, -0.2) is 0 Å². The van der Waals surface area contributed by atoms with Crippen LogP contribution in [-0.4, -0.2) is 37.1 Å². The molecule has 1 aliphatic heterocycles. The number of amides is 1. The lowest BCUT2D eigenvalue weighted by molar-refractivity contribution is 0.0591. The maximum atomic E-state index is 12.6. The quantitative estimate of drug-likeness (QED) is 0.901. The summed E-state index contributed by atoms with van der Waals surface area (Å²) in [6.07, 6.45) is 2.25. The number of rotatable bonds is 3. The Labute approximate surface area is 136 Å². The fourth-order valence-corrected chi connectivity index (χ4v) is 4.49. The normalized spacial score (nSPS) is 18.3. The van der Waals surface area contributed by atoms with Crippen molar-refractivity contribution in [3.8, 4) is 0 Å². The van der Waals surface area contributed by atoms with Crippen LogP contribution in [0.5, 0.6) is 0 Å². The molecule has 0 spiro atoms. The third-order valence-electron chi connectivity index (χ3n) is 3.74. The molecule has 6 heteroatoms. The van der Waals surface area contributed by atoms with Crippen LogP contribution in [-0.2, 0) is 4.74 Å². The number of carbonyl (C=O) groups is 1. The highest BCUT2D eigenvalue weighted by Gasteiger charge is 2.24. The summed E-state index contributed by atoms with van der Waals surface area (Å²) in [5.74, 6) is -0.0314. The second-order valence-corrected chi connectivity index (χ2v) is 7.19. The molecule has 1 fully saturated rings. The predicted octanol–water partition coefficient (Wildman–Crippen LogP) is 3.50. The molecule has 1 unspecified atom stereocenters. The number of fused-ring (bicyclic) bond motifs is 1. The van der Waals surface area contributed by atoms with E-state index in [0.717, 1.165) is 34.0 Å². The first-order chi connectivity index (χ1) is 10.1. The molecule has 0 aliphatic carbocycles. The molecule has 1 amide bonds. The first kappa shape index (κ1) is 14.8. The van der Waals surface area contributed by atoms with Crippen molar-refractivity contribution in [3.05, 3.63) is 27.5 Å². The zero-order chi connectivity index (χ0) is 15.0. The van der Waals surface area contributed by atoms with E-state index in [-0.39, 0.29) is 12.0 Å². The minimum absolute atomic E-state index is 0.0314. The topological polar surface area (TPSA) is 55.6 Å². The molecule has 0 radical (unpaired) electrons. The smallest absolute Gasteiger partial charge is 0.265 e. The number of ether oxygens (including phenoxy) is 1. The van der Waals surface area contributed by atoms with Gasteiger partial charge in [0, 0.05) is 34.8 Å². The first-order valence-electron chi connectivity index (χ1n) is 6.91. The molecule has 0 saturated carbocycles. The van der Waals surface area contributed by atoms with Gasteiger partial charge in [-0.05, 0) is 25.0 Å². The van der Waals surface area contributed by atoms with Gasteiger partial charge in [0.25, 0.3) is 5.91 Å². The van der Waals surface area contributed by atoms with Crippen LogP contribution in [0.15, 0.2) is 22.7 Å². The van der Waals surface area contributed by atoms with E-state index in [2.05, 4.69) is 15.9 Å². The number of nitrogens with two attached hydrogens (primary N) is 1. The van der Waals surface area contributed by atoms with Gasteiger partial charge in [0.1, 0.15) is 4.88 Å². The summed E-state index contributed by atoms with van der Waals surface area (Å²) in [6.45, 7) is 1.42. The lowest BCUT2D eigenvalue weighted by Gasteiger charge is -2.20. The van der Waals surface area contributed by atoms with Crippen LogP contribution in [0.3, 0.4) is 0 Å². The van der Waals surface area contributed by atoms with Crippen molar-refractivity contribution in [1.82, 2.24) is 4.90 Å². The second kappa shape index (κ2) is 5.94. The molecule has 2 aromatic rings. The van der Waals surface area contributed by atoms with Crippen molar-refractivity contribution in [2.24, 2.45) is 0 Å². The van der Waals surface area contributed by atoms with E-state index in [9.17, 15) is 4.79 Å². The molecule has 4 nitrogen and oxygen atoms in total. The van der Waals surface area contributed by atoms with E-state index in [4.69, 9.17) is 10.5 Å². The Hall–Kier alpha value is -1.11. The van der Waals surface area contributed by atoms with Crippen molar-refractivity contribution >= 4 is 48.9 Å². The summed E-state index contributed by atoms with van der Waals surface area (Å²) >= 11 is 4.95. The molecular weight excluding hydrogens is 352 g/mol. The van der Waals surface area contributed by atoms with E-state index in [1.807, 2.05) is 25.2 Å². The fourth-order valence-electron chi connectivity index (χ4n) is 2.64. The first-order valence-corrected chi connectivity index (χ1v) is 8.52. The SMILES string of the molecule is CN(CC1CCCO1)C(=O)c1sc2cccc(Br)c2c1N. The van der Waals surface area contributed by atoms with Gasteiger partial charge in [-0.1, -0.05) is 22.0 Å². The van der Waals surface area contributed by atoms with Crippen LogP contribution in [0, 0.1) is 0 Å². The number of nitrogens with zero attached hydrogens (tertiary/aromatic N) is 1. The van der Waals surface area contributed by atoms with E-state index >= 15 is 0 Å². The van der Waals surface area contributed by atoms with Crippen LogP contribution in [0.2, 0.25) is 0 Å². The van der Waals surface area contributed by atoms with Gasteiger partial charge in [-0.3, -0.25) is 4.79 Å². The van der Waals surface area contributed by atoms with Gasteiger partial charge in [-0.2, -0.15) is 0 Å². The molecule has 1 aromatic carbocycles. The van der Waals surface area contributed by atoms with E-state index in [1.165, 1.54) is 11.3 Å². The summed E-state index contributed by atoms with van der Waals surface area (Å²) in [4.78, 5) is 14.9. The van der Waals surface area contributed by atoms with Gasteiger partial charge in [0.15, 0.2) is 0 Å². The third-order valence-corrected chi connectivity index (χ3v) is 5.56. The molecule has 0 bridgehead atoms. The van der Waals surface area contributed by atoms with Crippen LogP contribution in [0.4, 0.5) is 5.69 Å². The highest BCUT2D eigenvalue weighted by atomic mass is 79.9. The van der Waals surface area contributed by atoms with Crippen LogP contribution >= 0.6 is 27.3 Å². The zero-order valence-electron chi connectivity index (χ0n) is 11.8. The number of anilines is 1. The highest BCUT2D eigenvalue weighted by Crippen LogP contribution is 2.38. The van der Waals surface area contributed by atoms with Crippen molar-refractivity contribution in [3.63, 3.8) is 0 Å². The molecule has 2 heterocycles. The molecule has 1 atom stereocenters. The van der Waals surface area contributed by atoms with Gasteiger partial charge >= 0.3 is 0 Å². The maximum Gasteiger partial charge on any atom is 0.265 e. The summed E-state index contributed by atoms with van der Waals surface area (Å²) in [5.41, 5.74) is 6.75. The van der Waals surface area contributed by atoms with Gasteiger partial charge in [-0.15, -0.1) is 11.3 Å². The summed E-state index contributed by atoms with van der Waals surface area (Å²) in [6, 6.07) is 5.88. The number of benzene rings is 1. The molecule has 1 aromatic heterocycles. The predicted molar refractivity (Wildman–Crippen MR) is 89.9 cm³/mol. The Kier molecular flexibility index (Phi) is 4.19. The molecular formula is C15H17BrN2O2S. The average molecular weight is 369 g/mol. The maximum absolute atomic E-state index is 12.6. The van der Waals surface area contributed by atoms with E-state index in [1.54, 1.807) is 4.90 Å². The number of halogens is 1. The lowest BCUT2D eigenvalue weighted by atomic mass is 10.2. The van der Waals surface area contributed by atoms with Crippen LogP contribution in [0.25, 0.3) is 10.1 Å². The molecule has 2 N–H and O–H groups in total. The number of hydrogen-bond acceptors (Lipinski definition) is 4. The minimum Gasteiger partial charge on any atom is -0.397 e. The number of thiophene rings is 1. The summed E-state index contributed by atoms with van der Waals surface area (Å²) < 4.78 is 7.54. The zero-order valence-corrected chi connectivity index (χ0v) is 14.2. The van der Waals surface area contributed by atoms with Crippen molar-refractivity contribution < 1.29 is 9.53 Å². The Morgan fingerprint density at radius 1 is 1.57 bits per heavy atom. The average Bonchev–Trinajstić information content (AvgIpc) is 3.07. The van der Waals surface area contributed by atoms with Crippen LogP contribution < -0.4 is 5.73 Å². The number of carbonyl (C=O) groups excluding carboxylic acids is 1. The molecule has 3 rings (SSSR count). The van der Waals surface area contributed by atoms with Crippen LogP contribution in [0.1, 0.15) is 22.5 Å². The van der Waals surface area contributed by atoms with Crippen molar-refractivity contribution in [2.45, 2.75) is 18.9 Å². The molecule has 1 saturated heterocycles. The van der Waals surface area contributed by atoms with Gasteiger partial charge < -0.3 is 15.4 Å². The van der Waals surface area contributed by atoms with Gasteiger partial charge in [0.2, 0.25) is 0 Å². The Bertz CT molecular complexity index is 680. The largest absolute Gasteiger partial charge is 0.397 e. The molecule has 1 aliphatic rings. The second-order valence-electron chi connectivity index (χ2n) is 5.28. The monoisotopic (exact) mass is 368 g/mol. The Morgan fingerprint density at radius 3 is 3.05 bits per heavy atom. The Morgan fingerprint density at radius 2 is 2.38 bits per heavy atom. The summed E-state index contributed by atoms with van der Waals surface area (Å²) in [5, 5.41) is 0.927. The Balaban J connectivity index is 1.87. The molecule has 21 heavy (non-hydrogen) atoms. The summed E-state index contributed by atoms with van der Waals surface area (Å²) in [7, 11) is 1.81. The number of hydrogen-bond donors (Lipinski definition) is 1. The lowest BCUT2D eigenvalue weighted by Crippen LogP contribution is -2.33. The molecule has 112 valence electrons. The van der Waals surface area contributed by atoms with E-state index < -0.39 is 0 Å². The highest BCUT2D eigenvalue weighted by molar-refractivity contribution is 9.10. The third kappa shape index (κ3) is 2.80. The number of likely N-dealkylation sites (N-methyl/N-ethyl adjacent to an activating group) is 1. The van der Waals surface area contributed by atoms with Gasteiger partial charge in [0.05, 0.1) is 11.8 Å². The standard InChI is InChI=1S/C15H17BrN2O2S/c1-18(8-9-4-3-7-20-9)15(19)14-13(17)12-10(16)5-2-6-11(12)21-14/h2,5-6,9H,3-4,7-8,17H2,1H3. The van der Waals surface area contributed by atoms with Crippen molar-refractivity contribution in [1.29, 1.82) is 0 Å². The minimum atomic E-state index is -0.0314.